The van der Waals surface area contributed by atoms with Crippen LogP contribution in [0.3, 0.4) is 0 Å². The minimum Gasteiger partial charge on any atom is -0.367 e. The first kappa shape index (κ1) is 10.9. The van der Waals surface area contributed by atoms with Crippen molar-refractivity contribution in [1.82, 2.24) is 0 Å². The van der Waals surface area contributed by atoms with Crippen LogP contribution in [0.1, 0.15) is 20.8 Å². The number of fused-ring (bicyclic) bond motifs is 1. The molecule has 3 rings (SSSR count). The van der Waals surface area contributed by atoms with Gasteiger partial charge < -0.3 is 23.7 Å². The lowest BCUT2D eigenvalue weighted by molar-refractivity contribution is -0.166. The smallest absolute Gasteiger partial charge is 0.163 e. The molecule has 5 unspecified atom stereocenters. The Morgan fingerprint density at radius 2 is 1.81 bits per heavy atom. The molecule has 0 aromatic rings. The zero-order chi connectivity index (χ0) is 11.3. The van der Waals surface area contributed by atoms with E-state index in [2.05, 4.69) is 0 Å². The van der Waals surface area contributed by atoms with Crippen LogP contribution < -0.4 is 0 Å². The van der Waals surface area contributed by atoms with Gasteiger partial charge in [-0.3, -0.25) is 0 Å². The Balaban J connectivity index is 1.72. The van der Waals surface area contributed by atoms with Gasteiger partial charge in [0, 0.05) is 0 Å². The normalized spacial score (nSPS) is 50.8. The SMILES string of the molecule is CC1OC(C2COC(C)(C)O2)C2OCOC12. The fourth-order valence-electron chi connectivity index (χ4n) is 2.65. The van der Waals surface area contributed by atoms with E-state index in [1.807, 2.05) is 20.8 Å². The van der Waals surface area contributed by atoms with Gasteiger partial charge in [-0.25, -0.2) is 0 Å². The highest BCUT2D eigenvalue weighted by Gasteiger charge is 2.53. The Morgan fingerprint density at radius 1 is 1.06 bits per heavy atom. The standard InChI is InChI=1S/C11H18O5/c1-6-8-10(13-5-12-8)9(15-6)7-4-14-11(2,3)16-7/h6-10H,4-5H2,1-3H3. The van der Waals surface area contributed by atoms with Crippen LogP contribution in [0.5, 0.6) is 0 Å². The summed E-state index contributed by atoms with van der Waals surface area (Å²) in [6, 6.07) is 0. The van der Waals surface area contributed by atoms with Crippen LogP contribution in [-0.2, 0) is 23.7 Å². The number of hydrogen-bond donors (Lipinski definition) is 0. The van der Waals surface area contributed by atoms with E-state index in [4.69, 9.17) is 23.7 Å². The van der Waals surface area contributed by atoms with E-state index < -0.39 is 5.79 Å². The highest BCUT2D eigenvalue weighted by Crippen LogP contribution is 2.36. The van der Waals surface area contributed by atoms with Gasteiger partial charge in [-0.2, -0.15) is 0 Å². The van der Waals surface area contributed by atoms with Gasteiger partial charge in [-0.15, -0.1) is 0 Å². The first-order valence-electron chi connectivity index (χ1n) is 5.77. The maximum absolute atomic E-state index is 5.85. The molecular weight excluding hydrogens is 212 g/mol. The molecule has 3 heterocycles. The lowest BCUT2D eigenvalue weighted by Crippen LogP contribution is -2.39. The average molecular weight is 230 g/mol. The maximum Gasteiger partial charge on any atom is 0.163 e. The first-order valence-corrected chi connectivity index (χ1v) is 5.77. The molecule has 5 atom stereocenters. The van der Waals surface area contributed by atoms with Crippen molar-refractivity contribution >= 4 is 0 Å². The summed E-state index contributed by atoms with van der Waals surface area (Å²) < 4.78 is 28.3. The van der Waals surface area contributed by atoms with Crippen molar-refractivity contribution in [3.05, 3.63) is 0 Å². The molecule has 5 nitrogen and oxygen atoms in total. The number of rotatable bonds is 1. The molecule has 3 fully saturated rings. The van der Waals surface area contributed by atoms with Crippen molar-refractivity contribution in [3.8, 4) is 0 Å². The van der Waals surface area contributed by atoms with Gasteiger partial charge in [-0.05, 0) is 20.8 Å². The molecule has 0 saturated carbocycles. The Labute approximate surface area is 94.9 Å². The van der Waals surface area contributed by atoms with Crippen molar-refractivity contribution in [1.29, 1.82) is 0 Å². The van der Waals surface area contributed by atoms with Crippen LogP contribution in [0.2, 0.25) is 0 Å². The molecular formula is C11H18O5. The zero-order valence-electron chi connectivity index (χ0n) is 9.84. The van der Waals surface area contributed by atoms with Gasteiger partial charge in [0.1, 0.15) is 31.2 Å². The topological polar surface area (TPSA) is 46.2 Å². The fraction of sp³-hybridized carbons (Fsp3) is 1.00. The fourth-order valence-corrected chi connectivity index (χ4v) is 2.65. The summed E-state index contributed by atoms with van der Waals surface area (Å²) in [5.41, 5.74) is 0. The minimum atomic E-state index is -0.519. The number of hydrogen-bond acceptors (Lipinski definition) is 5. The van der Waals surface area contributed by atoms with Crippen molar-refractivity contribution < 1.29 is 23.7 Å². The van der Waals surface area contributed by atoms with Crippen molar-refractivity contribution in [2.24, 2.45) is 0 Å². The van der Waals surface area contributed by atoms with Crippen LogP contribution in [0.4, 0.5) is 0 Å². The van der Waals surface area contributed by atoms with Gasteiger partial charge in [0.15, 0.2) is 5.79 Å². The molecule has 0 spiro atoms. The van der Waals surface area contributed by atoms with E-state index >= 15 is 0 Å². The van der Waals surface area contributed by atoms with Crippen LogP contribution in [-0.4, -0.2) is 49.7 Å². The molecule has 5 heteroatoms. The highest BCUT2D eigenvalue weighted by molar-refractivity contribution is 4.98. The van der Waals surface area contributed by atoms with Gasteiger partial charge in [0.2, 0.25) is 0 Å². The second-order valence-corrected chi connectivity index (χ2v) is 5.05. The quantitative estimate of drug-likeness (QED) is 0.662. The first-order chi connectivity index (χ1) is 7.57. The molecule has 0 aromatic carbocycles. The molecule has 92 valence electrons. The number of ether oxygens (including phenoxy) is 5. The van der Waals surface area contributed by atoms with Crippen LogP contribution >= 0.6 is 0 Å². The third-order valence-corrected chi connectivity index (χ3v) is 3.40. The average Bonchev–Trinajstić information content (AvgIpc) is 2.84. The van der Waals surface area contributed by atoms with Gasteiger partial charge in [0.25, 0.3) is 0 Å². The minimum absolute atomic E-state index is 0.0162. The Hall–Kier alpha value is -0.200. The maximum atomic E-state index is 5.85. The monoisotopic (exact) mass is 230 g/mol. The van der Waals surface area contributed by atoms with E-state index in [1.165, 1.54) is 0 Å². The molecule has 3 aliphatic heterocycles. The molecule has 0 N–H and O–H groups in total. The van der Waals surface area contributed by atoms with Crippen molar-refractivity contribution in [2.75, 3.05) is 13.4 Å². The summed E-state index contributed by atoms with van der Waals surface area (Å²) in [5, 5.41) is 0. The molecule has 0 bridgehead atoms. The highest BCUT2D eigenvalue weighted by atomic mass is 16.8. The van der Waals surface area contributed by atoms with Gasteiger partial charge in [0.05, 0.1) is 12.7 Å². The summed E-state index contributed by atoms with van der Waals surface area (Å²) in [6.45, 7) is 6.74. The second kappa shape index (κ2) is 3.65. The summed E-state index contributed by atoms with van der Waals surface area (Å²) in [6.07, 6.45) is -0.0574. The summed E-state index contributed by atoms with van der Waals surface area (Å²) >= 11 is 0. The Morgan fingerprint density at radius 3 is 2.50 bits per heavy atom. The van der Waals surface area contributed by atoms with Gasteiger partial charge >= 0.3 is 0 Å². The molecule has 0 aliphatic carbocycles. The Bertz CT molecular complexity index is 280. The predicted molar refractivity (Wildman–Crippen MR) is 53.9 cm³/mol. The summed E-state index contributed by atoms with van der Waals surface area (Å²) in [5.74, 6) is -0.519. The molecule has 16 heavy (non-hydrogen) atoms. The van der Waals surface area contributed by atoms with E-state index in [9.17, 15) is 0 Å². The Kier molecular flexibility index (Phi) is 2.49. The summed E-state index contributed by atoms with van der Waals surface area (Å²) in [7, 11) is 0. The lowest BCUT2D eigenvalue weighted by atomic mass is 10.1. The zero-order valence-corrected chi connectivity index (χ0v) is 9.84. The second-order valence-electron chi connectivity index (χ2n) is 5.05. The van der Waals surface area contributed by atoms with Crippen LogP contribution in [0.25, 0.3) is 0 Å². The molecule has 3 saturated heterocycles. The third-order valence-electron chi connectivity index (χ3n) is 3.40. The van der Waals surface area contributed by atoms with Crippen molar-refractivity contribution in [3.63, 3.8) is 0 Å². The molecule has 3 aliphatic rings. The molecule has 0 aromatic heterocycles. The van der Waals surface area contributed by atoms with Crippen molar-refractivity contribution in [2.45, 2.75) is 57.1 Å². The van der Waals surface area contributed by atoms with E-state index in [0.29, 0.717) is 13.4 Å². The van der Waals surface area contributed by atoms with E-state index in [0.717, 1.165) is 0 Å². The predicted octanol–water partition coefficient (Wildman–Crippen LogP) is 0.667. The molecule has 0 radical (unpaired) electrons. The van der Waals surface area contributed by atoms with E-state index in [1.54, 1.807) is 0 Å². The third kappa shape index (κ3) is 1.67. The van der Waals surface area contributed by atoms with Gasteiger partial charge in [-0.1, -0.05) is 0 Å². The van der Waals surface area contributed by atoms with E-state index in [-0.39, 0.29) is 30.5 Å². The largest absolute Gasteiger partial charge is 0.367 e. The van der Waals surface area contributed by atoms with Crippen LogP contribution in [0, 0.1) is 0 Å². The lowest BCUT2D eigenvalue weighted by Gasteiger charge is -2.23. The van der Waals surface area contributed by atoms with Crippen LogP contribution in [0.15, 0.2) is 0 Å². The molecule has 0 amide bonds. The summed E-state index contributed by atoms with van der Waals surface area (Å²) in [4.78, 5) is 0.